The monoisotopic (exact) mass is 1120 g/mol. The lowest BCUT2D eigenvalue weighted by Crippen LogP contribution is -2.81. The van der Waals surface area contributed by atoms with Crippen molar-refractivity contribution in [2.45, 2.75) is 186 Å². The van der Waals surface area contributed by atoms with Gasteiger partial charge in [-0.15, -0.1) is 0 Å². The molecule has 1 aliphatic heterocycles. The fraction of sp³-hybridized carbons (Fsp3) is 0.508. The van der Waals surface area contributed by atoms with Crippen molar-refractivity contribution < 1.29 is 72.5 Å². The minimum Gasteiger partial charge on any atom is -0.455 e. The molecule has 2 bridgehead atoms. The number of hydrogen-bond donors (Lipinski definition) is 4. The summed E-state index contributed by atoms with van der Waals surface area (Å²) in [4.78, 5) is 85.6. The third-order valence-corrected chi connectivity index (χ3v) is 15.9. The lowest BCUT2D eigenvalue weighted by molar-refractivity contribution is -0.346. The Bertz CT molecular complexity index is 2750. The number of carbonyl (C=O) groups excluding carboxylic acids is 6. The van der Waals surface area contributed by atoms with Crippen LogP contribution >= 0.6 is 0 Å². The number of amides is 1. The molecular formula is C65H83NO15. The van der Waals surface area contributed by atoms with Crippen molar-refractivity contribution in [1.82, 2.24) is 5.32 Å². The van der Waals surface area contributed by atoms with E-state index in [0.717, 1.165) is 39.0 Å². The SMILES string of the molecule is CC/C=C\C/C=C\C/C=C\C/C=C\C/C=C\C/C=C/CCC(=O)O[C@@H](C(=O)O[C@H]1C[C@@]2(O)[C@@H](OC(=O)c3ccccc3)C3[C@]4(OC(C)=O)COC4C[C@H](O)[C@@]3(C)C(=O)[C@H](O)C(=C1C)C2(C)C)[C@@H](NC(=O)OC(C)(C)C)c1ccccc1. The van der Waals surface area contributed by atoms with Crippen LogP contribution in [0.15, 0.2) is 145 Å². The number of esters is 4. The Morgan fingerprint density at radius 2 is 1.33 bits per heavy atom. The number of hydrogen-bond acceptors (Lipinski definition) is 15. The van der Waals surface area contributed by atoms with Crippen LogP contribution in [0.5, 0.6) is 0 Å². The van der Waals surface area contributed by atoms with Crippen LogP contribution in [0.25, 0.3) is 0 Å². The van der Waals surface area contributed by atoms with Crippen LogP contribution in [0.3, 0.4) is 0 Å². The Labute approximate surface area is 477 Å². The number of nitrogens with one attached hydrogen (secondary N) is 1. The molecule has 81 heavy (non-hydrogen) atoms. The van der Waals surface area contributed by atoms with Gasteiger partial charge < -0.3 is 49.1 Å². The molecule has 1 amide bonds. The minimum absolute atomic E-state index is 0.0639. The van der Waals surface area contributed by atoms with Crippen molar-refractivity contribution >= 4 is 35.8 Å². The van der Waals surface area contributed by atoms with Crippen LogP contribution in [0.4, 0.5) is 4.79 Å². The first-order valence-corrected chi connectivity index (χ1v) is 28.2. The molecule has 0 radical (unpaired) electrons. The molecule has 16 heteroatoms. The van der Waals surface area contributed by atoms with Gasteiger partial charge in [0.15, 0.2) is 11.4 Å². The molecule has 1 heterocycles. The fourth-order valence-electron chi connectivity index (χ4n) is 11.7. The number of ketones is 1. The molecule has 2 aromatic carbocycles. The maximum absolute atomic E-state index is 15.3. The summed E-state index contributed by atoms with van der Waals surface area (Å²) in [5, 5.41) is 41.1. The molecule has 6 rings (SSSR count). The molecule has 438 valence electrons. The van der Waals surface area contributed by atoms with Crippen molar-refractivity contribution in [2.24, 2.45) is 16.7 Å². The summed E-state index contributed by atoms with van der Waals surface area (Å²) in [7, 11) is 0. The number of carbonyl (C=O) groups is 6. The van der Waals surface area contributed by atoms with Gasteiger partial charge in [-0.05, 0) is 108 Å². The van der Waals surface area contributed by atoms with Crippen molar-refractivity contribution in [3.05, 3.63) is 156 Å². The Kier molecular flexibility index (Phi) is 21.8. The van der Waals surface area contributed by atoms with Crippen molar-refractivity contribution in [3.8, 4) is 0 Å². The second-order valence-electron chi connectivity index (χ2n) is 23.0. The van der Waals surface area contributed by atoms with E-state index in [-0.39, 0.29) is 42.6 Å². The number of fused-ring (bicyclic) bond motifs is 5. The highest BCUT2D eigenvalue weighted by Gasteiger charge is 2.78. The van der Waals surface area contributed by atoms with Crippen molar-refractivity contribution in [1.29, 1.82) is 0 Å². The average molecular weight is 1120 g/mol. The van der Waals surface area contributed by atoms with Crippen LogP contribution in [0, 0.1) is 16.7 Å². The Morgan fingerprint density at radius 1 is 0.790 bits per heavy atom. The van der Waals surface area contributed by atoms with E-state index < -0.39 is 118 Å². The highest BCUT2D eigenvalue weighted by molar-refractivity contribution is 5.94. The smallest absolute Gasteiger partial charge is 0.408 e. The predicted octanol–water partition coefficient (Wildman–Crippen LogP) is 10.3. The molecule has 0 aromatic heterocycles. The van der Waals surface area contributed by atoms with Gasteiger partial charge in [0.2, 0.25) is 6.10 Å². The summed E-state index contributed by atoms with van der Waals surface area (Å²) in [5.74, 6) is -6.23. The van der Waals surface area contributed by atoms with Crippen LogP contribution in [0.1, 0.15) is 148 Å². The minimum atomic E-state index is -2.42. The Balaban J connectivity index is 1.30. The van der Waals surface area contributed by atoms with Gasteiger partial charge in [0.1, 0.15) is 41.7 Å². The second kappa shape index (κ2) is 27.8. The van der Waals surface area contributed by atoms with Crippen molar-refractivity contribution in [2.75, 3.05) is 6.61 Å². The normalized spacial score (nSPS) is 28.0. The van der Waals surface area contributed by atoms with Crippen LogP contribution < -0.4 is 5.32 Å². The van der Waals surface area contributed by atoms with E-state index in [1.165, 1.54) is 26.0 Å². The molecule has 0 spiro atoms. The van der Waals surface area contributed by atoms with E-state index in [4.69, 9.17) is 28.4 Å². The number of benzene rings is 2. The molecule has 2 saturated carbocycles. The van der Waals surface area contributed by atoms with Gasteiger partial charge in [-0.3, -0.25) is 14.4 Å². The molecule has 16 nitrogen and oxygen atoms in total. The van der Waals surface area contributed by atoms with Crippen molar-refractivity contribution in [3.63, 3.8) is 0 Å². The van der Waals surface area contributed by atoms with Crippen LogP contribution in [-0.4, -0.2) is 111 Å². The number of rotatable bonds is 23. The molecule has 4 N–H and O–H groups in total. The summed E-state index contributed by atoms with van der Waals surface area (Å²) < 4.78 is 36.5. The predicted molar refractivity (Wildman–Crippen MR) is 305 cm³/mol. The molecule has 4 aliphatic rings. The van der Waals surface area contributed by atoms with Gasteiger partial charge in [0, 0.05) is 31.6 Å². The highest BCUT2D eigenvalue weighted by Crippen LogP contribution is 2.64. The van der Waals surface area contributed by atoms with Gasteiger partial charge in [-0.1, -0.05) is 142 Å². The first-order valence-electron chi connectivity index (χ1n) is 28.2. The number of Topliss-reactive ketones (excluding diaryl/α,β-unsaturated/α-hetero) is 1. The van der Waals surface area contributed by atoms with Crippen LogP contribution in [-0.2, 0) is 47.6 Å². The molecule has 2 unspecified atom stereocenters. The lowest BCUT2D eigenvalue weighted by atomic mass is 9.44. The molecular weight excluding hydrogens is 1030 g/mol. The summed E-state index contributed by atoms with van der Waals surface area (Å²) in [6.45, 7) is 14.0. The van der Waals surface area contributed by atoms with Gasteiger partial charge in [0.05, 0.1) is 29.6 Å². The van der Waals surface area contributed by atoms with Gasteiger partial charge >= 0.3 is 30.0 Å². The summed E-state index contributed by atoms with van der Waals surface area (Å²) >= 11 is 0. The number of ether oxygens (including phenoxy) is 6. The largest absolute Gasteiger partial charge is 0.455 e. The van der Waals surface area contributed by atoms with E-state index >= 15 is 9.59 Å². The number of aliphatic hydroxyl groups excluding tert-OH is 2. The number of aliphatic hydroxyl groups is 3. The topological polar surface area (TPSA) is 231 Å². The number of alkyl carbamates (subject to hydrolysis) is 1. The van der Waals surface area contributed by atoms with E-state index in [2.05, 4.69) is 66.9 Å². The number of allylic oxidation sites excluding steroid dienone is 12. The first kappa shape index (κ1) is 63.5. The zero-order chi connectivity index (χ0) is 59.2. The third kappa shape index (κ3) is 14.9. The van der Waals surface area contributed by atoms with E-state index in [1.807, 2.05) is 18.2 Å². The molecule has 3 fully saturated rings. The van der Waals surface area contributed by atoms with Gasteiger partial charge in [-0.25, -0.2) is 14.4 Å². The molecule has 1 saturated heterocycles. The molecule has 2 aromatic rings. The summed E-state index contributed by atoms with van der Waals surface area (Å²) in [6, 6.07) is 14.7. The zero-order valence-corrected chi connectivity index (χ0v) is 48.3. The maximum Gasteiger partial charge on any atom is 0.408 e. The lowest BCUT2D eigenvalue weighted by Gasteiger charge is -2.67. The third-order valence-electron chi connectivity index (χ3n) is 15.9. The zero-order valence-electron chi connectivity index (χ0n) is 48.3. The first-order chi connectivity index (χ1) is 38.4. The standard InChI is InChI=1S/C65H83NO15/c1-10-11-12-13-14-15-16-17-18-19-20-21-22-23-24-25-26-27-34-39-50(69)78-54(52(45-35-30-28-31-36-45)66-60(74)81-61(4,5)6)59(73)77-47-41-65(75)57(79-58(72)46-37-32-29-33-38-46)55-63(9,56(71)53(70)51(43(47)2)62(65,7)8)48(68)40-49-64(55,42-76-49)80-44(3)67/h11-12,14-15,17-18,20-21,23-24,26-33,35-38,47-49,52-55,57,68,70,75H,10,13,16,19,22,25,34,39-42H2,1-9H3,(H,66,74)/b12-11-,15-14-,18-17-,21-20-,24-23-,27-26+/t47-,48-,49?,52-,53+,54+,55?,57-,63+,64-,65+/m0/s1. The Hall–Kier alpha value is -6.72. The molecule has 3 aliphatic carbocycles. The van der Waals surface area contributed by atoms with E-state index in [0.29, 0.717) is 12.0 Å². The highest BCUT2D eigenvalue weighted by atomic mass is 16.6. The van der Waals surface area contributed by atoms with Crippen LogP contribution in [0.2, 0.25) is 0 Å². The fourth-order valence-corrected chi connectivity index (χ4v) is 11.7. The molecule has 11 atom stereocenters. The summed E-state index contributed by atoms with van der Waals surface area (Å²) in [5.41, 5.74) is -8.49. The second-order valence-corrected chi connectivity index (χ2v) is 23.0. The van der Waals surface area contributed by atoms with Gasteiger partial charge in [0.25, 0.3) is 0 Å². The van der Waals surface area contributed by atoms with E-state index in [9.17, 15) is 34.5 Å². The quantitative estimate of drug-likeness (QED) is 0.0461. The summed E-state index contributed by atoms with van der Waals surface area (Å²) in [6.07, 6.45) is 18.4. The maximum atomic E-state index is 15.3. The van der Waals surface area contributed by atoms with E-state index in [1.54, 1.807) is 83.1 Å². The average Bonchev–Trinajstić information content (AvgIpc) is 1.14. The van der Waals surface area contributed by atoms with Gasteiger partial charge in [-0.2, -0.15) is 0 Å². The Morgan fingerprint density at radius 3 is 1.85 bits per heavy atom.